The highest BCUT2D eigenvalue weighted by molar-refractivity contribution is 7.92. The number of pyridine rings is 1. The number of hydrogen-bond donors (Lipinski definition) is 3. The van der Waals surface area contributed by atoms with Gasteiger partial charge in [0.15, 0.2) is 0 Å². The number of H-pyrrole nitrogens is 1. The molecule has 2 amide bonds. The highest BCUT2D eigenvalue weighted by atomic mass is 35.5. The molecule has 0 bridgehead atoms. The molecule has 4 aromatic rings. The van der Waals surface area contributed by atoms with Gasteiger partial charge in [-0.25, -0.2) is 32.3 Å². The van der Waals surface area contributed by atoms with E-state index in [1.54, 1.807) is 18.2 Å². The normalized spacial score (nSPS) is 11.4. The van der Waals surface area contributed by atoms with Gasteiger partial charge in [0.1, 0.15) is 10.0 Å². The maximum atomic E-state index is 12.8. The molecule has 0 fully saturated rings. The predicted molar refractivity (Wildman–Crippen MR) is 121 cm³/mol. The molecule has 0 aliphatic heterocycles. The molecule has 10 nitrogen and oxygen atoms in total. The number of aromatic nitrogens is 3. The van der Waals surface area contributed by atoms with E-state index in [1.807, 2.05) is 11.6 Å². The lowest BCUT2D eigenvalue weighted by Crippen LogP contribution is -2.35. The summed E-state index contributed by atoms with van der Waals surface area (Å²) in [7, 11) is -4.08. The van der Waals surface area contributed by atoms with Crippen LogP contribution < -0.4 is 21.3 Å². The van der Waals surface area contributed by atoms with E-state index in [4.69, 9.17) is 11.6 Å². The van der Waals surface area contributed by atoms with Gasteiger partial charge in [-0.3, -0.25) is 4.79 Å². The molecule has 0 saturated heterocycles. The molecule has 3 aromatic heterocycles. The third-order valence-corrected chi connectivity index (χ3v) is 7.38. The van der Waals surface area contributed by atoms with Crippen LogP contribution in [-0.4, -0.2) is 29.0 Å². The van der Waals surface area contributed by atoms with Crippen molar-refractivity contribution in [2.45, 2.75) is 11.1 Å². The predicted octanol–water partition coefficient (Wildman–Crippen LogP) is 2.61. The molecular weight excluding hydrogens is 478 g/mol. The molecule has 164 valence electrons. The van der Waals surface area contributed by atoms with Crippen LogP contribution in [0.5, 0.6) is 0 Å². The first-order valence-corrected chi connectivity index (χ1v) is 11.6. The Kier molecular flexibility index (Phi) is 5.59. The molecule has 3 heterocycles. The number of rotatable bonds is 4. The van der Waals surface area contributed by atoms with Gasteiger partial charge >= 0.3 is 11.7 Å². The Hall–Kier alpha value is -3.48. The molecule has 3 N–H and O–H groups in total. The van der Waals surface area contributed by atoms with Crippen LogP contribution in [0.4, 0.5) is 10.5 Å². The topological polar surface area (TPSA) is 143 Å². The van der Waals surface area contributed by atoms with Crippen LogP contribution in [0.25, 0.3) is 16.7 Å². The lowest BCUT2D eigenvalue weighted by Gasteiger charge is -2.09. The van der Waals surface area contributed by atoms with Crippen LogP contribution >= 0.6 is 22.9 Å². The smallest absolute Gasteiger partial charge is 0.306 e. The highest BCUT2D eigenvalue weighted by Gasteiger charge is 2.20. The quantitative estimate of drug-likeness (QED) is 0.400. The molecule has 0 saturated carbocycles. The molecule has 32 heavy (non-hydrogen) atoms. The molecule has 0 aliphatic rings. The number of carbonyl (C=O) groups is 1. The zero-order valence-corrected chi connectivity index (χ0v) is 18.6. The van der Waals surface area contributed by atoms with Crippen molar-refractivity contribution in [1.82, 2.24) is 19.3 Å². The number of halogens is 1. The largest absolute Gasteiger partial charge is 0.334 e. The van der Waals surface area contributed by atoms with Gasteiger partial charge in [0, 0.05) is 0 Å². The highest BCUT2D eigenvalue weighted by Crippen LogP contribution is 2.25. The van der Waals surface area contributed by atoms with Crippen LogP contribution in [0.15, 0.2) is 62.5 Å². The second-order valence-electron chi connectivity index (χ2n) is 6.64. The Bertz CT molecular complexity index is 1570. The molecular formula is C19H14ClN5O5S2. The number of aryl methyl sites for hydroxylation is 1. The summed E-state index contributed by atoms with van der Waals surface area (Å²) >= 11 is 6.53. The van der Waals surface area contributed by atoms with E-state index < -0.39 is 27.3 Å². The molecule has 0 aliphatic carbocycles. The van der Waals surface area contributed by atoms with Crippen LogP contribution in [-0.2, 0) is 10.0 Å². The Morgan fingerprint density at radius 3 is 2.59 bits per heavy atom. The number of aromatic amines is 1. The number of nitrogens with zero attached hydrogens (tertiary/aromatic N) is 2. The number of amides is 2. The fourth-order valence-electron chi connectivity index (χ4n) is 2.90. The number of hydrogen-bond acceptors (Lipinski definition) is 7. The van der Waals surface area contributed by atoms with Crippen molar-refractivity contribution >= 4 is 55.6 Å². The first-order valence-electron chi connectivity index (χ1n) is 8.95. The maximum Gasteiger partial charge on any atom is 0.334 e. The van der Waals surface area contributed by atoms with E-state index in [1.165, 1.54) is 30.5 Å². The van der Waals surface area contributed by atoms with Crippen LogP contribution in [0.3, 0.4) is 0 Å². The molecule has 0 spiro atoms. The Morgan fingerprint density at radius 2 is 1.94 bits per heavy atom. The summed E-state index contributed by atoms with van der Waals surface area (Å²) < 4.78 is 27.2. The van der Waals surface area contributed by atoms with Gasteiger partial charge in [-0.15, -0.1) is 11.3 Å². The standard InChI is InChI=1S/C19H14ClN5O5S2/c1-10-2-4-12-13(8-10)23-19(28)25(17(12)26)15-6-3-11(9-21-15)22-18(27)24-32(29,30)16-7-5-14(20)31-16/h2-9H,1H3,(H,23,28)(H2,22,24,27). The lowest BCUT2D eigenvalue weighted by molar-refractivity contribution is 0.256. The minimum Gasteiger partial charge on any atom is -0.306 e. The fourth-order valence-corrected chi connectivity index (χ4v) is 5.29. The number of carbonyl (C=O) groups excluding carboxylic acids is 1. The lowest BCUT2D eigenvalue weighted by atomic mass is 10.2. The van der Waals surface area contributed by atoms with E-state index in [-0.39, 0.29) is 20.1 Å². The SMILES string of the molecule is Cc1ccc2c(=O)n(-c3ccc(NC(=O)NS(=O)(=O)c4ccc(Cl)s4)cn3)c(=O)[nH]c2c1. The van der Waals surface area contributed by atoms with Crippen molar-refractivity contribution in [3.05, 3.63) is 79.4 Å². The van der Waals surface area contributed by atoms with Gasteiger partial charge in [0.05, 0.1) is 27.1 Å². The zero-order chi connectivity index (χ0) is 23.0. The zero-order valence-electron chi connectivity index (χ0n) is 16.2. The van der Waals surface area contributed by atoms with Gasteiger partial charge in [-0.1, -0.05) is 17.7 Å². The van der Waals surface area contributed by atoms with Crippen LogP contribution in [0.1, 0.15) is 5.56 Å². The number of anilines is 1. The van der Waals surface area contributed by atoms with E-state index in [9.17, 15) is 22.8 Å². The first kappa shape index (κ1) is 21.7. The van der Waals surface area contributed by atoms with Gasteiger partial charge in [0.2, 0.25) is 0 Å². The second kappa shape index (κ2) is 8.22. The van der Waals surface area contributed by atoms with Crippen molar-refractivity contribution < 1.29 is 13.2 Å². The maximum absolute atomic E-state index is 12.8. The summed E-state index contributed by atoms with van der Waals surface area (Å²) in [6.07, 6.45) is 1.19. The summed E-state index contributed by atoms with van der Waals surface area (Å²) in [6.45, 7) is 1.84. The van der Waals surface area contributed by atoms with Crippen molar-refractivity contribution in [1.29, 1.82) is 0 Å². The van der Waals surface area contributed by atoms with Crippen molar-refractivity contribution in [2.75, 3.05) is 5.32 Å². The summed E-state index contributed by atoms with van der Waals surface area (Å²) in [5, 5.41) is 2.64. The summed E-state index contributed by atoms with van der Waals surface area (Å²) in [5.74, 6) is 0.0329. The molecule has 0 atom stereocenters. The number of benzene rings is 1. The van der Waals surface area contributed by atoms with Crippen LogP contribution in [0, 0.1) is 6.92 Å². The molecule has 4 rings (SSSR count). The number of urea groups is 1. The average molecular weight is 492 g/mol. The average Bonchev–Trinajstić information content (AvgIpc) is 3.16. The van der Waals surface area contributed by atoms with E-state index in [2.05, 4.69) is 15.3 Å². The molecule has 13 heteroatoms. The Balaban J connectivity index is 1.56. The monoisotopic (exact) mass is 491 g/mol. The van der Waals surface area contributed by atoms with Gasteiger partial charge in [-0.2, -0.15) is 0 Å². The minimum atomic E-state index is -4.08. The second-order valence-corrected chi connectivity index (χ2v) is 10.3. The molecule has 0 radical (unpaired) electrons. The Morgan fingerprint density at radius 1 is 1.16 bits per heavy atom. The summed E-state index contributed by atoms with van der Waals surface area (Å²) in [5.41, 5.74) is 0.238. The summed E-state index contributed by atoms with van der Waals surface area (Å²) in [4.78, 5) is 44.0. The van der Waals surface area contributed by atoms with Gasteiger partial charge in [-0.05, 0) is 48.9 Å². The van der Waals surface area contributed by atoms with E-state index in [0.717, 1.165) is 21.5 Å². The minimum absolute atomic E-state index is 0.0329. The fraction of sp³-hybridized carbons (Fsp3) is 0.0526. The van der Waals surface area contributed by atoms with Crippen molar-refractivity contribution in [2.24, 2.45) is 0 Å². The molecule has 0 unspecified atom stereocenters. The Labute approximate surface area is 189 Å². The number of sulfonamides is 1. The number of thiophene rings is 1. The van der Waals surface area contributed by atoms with Crippen molar-refractivity contribution in [3.8, 4) is 5.82 Å². The third kappa shape index (κ3) is 4.28. The van der Waals surface area contributed by atoms with Gasteiger partial charge < -0.3 is 10.3 Å². The van der Waals surface area contributed by atoms with Crippen LogP contribution in [0.2, 0.25) is 4.34 Å². The van der Waals surface area contributed by atoms with E-state index in [0.29, 0.717) is 10.9 Å². The van der Waals surface area contributed by atoms with Crippen molar-refractivity contribution in [3.63, 3.8) is 0 Å². The van der Waals surface area contributed by atoms with Gasteiger partial charge in [0.25, 0.3) is 15.6 Å². The van der Waals surface area contributed by atoms with E-state index >= 15 is 0 Å². The number of nitrogens with one attached hydrogen (secondary N) is 3. The summed E-state index contributed by atoms with van der Waals surface area (Å²) in [6, 6.07) is 9.45. The third-order valence-electron chi connectivity index (χ3n) is 4.33. The molecule has 1 aromatic carbocycles. The number of fused-ring (bicyclic) bond motifs is 1. The first-order chi connectivity index (χ1) is 15.1.